The van der Waals surface area contributed by atoms with Crippen molar-refractivity contribution < 1.29 is 0 Å². The minimum absolute atomic E-state index is 1.13. The van der Waals surface area contributed by atoms with Crippen molar-refractivity contribution in [3.05, 3.63) is 176 Å². The minimum atomic E-state index is 1.13. The molecule has 3 heteroatoms. The van der Waals surface area contributed by atoms with Gasteiger partial charge in [0.05, 0.1) is 0 Å². The minimum Gasteiger partial charge on any atom is -0.310 e. The molecule has 0 fully saturated rings. The molecular weight excluding hydrogens is 631 g/mol. The maximum absolute atomic E-state index is 2.41. The first-order valence-corrected chi connectivity index (χ1v) is 18.2. The molecule has 1 nitrogen and oxygen atoms in total. The van der Waals surface area contributed by atoms with E-state index in [1.807, 2.05) is 22.7 Å². The number of benzene rings is 8. The summed E-state index contributed by atoms with van der Waals surface area (Å²) in [6.07, 6.45) is 0. The Labute approximate surface area is 292 Å². The Bertz CT molecular complexity index is 2830. The smallest absolute Gasteiger partial charge is 0.0468 e. The van der Waals surface area contributed by atoms with Gasteiger partial charge >= 0.3 is 0 Å². The molecule has 2 heterocycles. The Kier molecular flexibility index (Phi) is 6.61. The molecule has 0 spiro atoms. The van der Waals surface area contributed by atoms with Crippen LogP contribution in [0.3, 0.4) is 0 Å². The maximum atomic E-state index is 2.41. The summed E-state index contributed by atoms with van der Waals surface area (Å²) in [6.45, 7) is 0. The van der Waals surface area contributed by atoms with Gasteiger partial charge in [-0.25, -0.2) is 0 Å². The zero-order valence-corrected chi connectivity index (χ0v) is 28.1. The molecule has 2 aromatic heterocycles. The highest BCUT2D eigenvalue weighted by molar-refractivity contribution is 7.26. The molecule has 0 unspecified atom stereocenters. The van der Waals surface area contributed by atoms with Crippen LogP contribution in [-0.4, -0.2) is 0 Å². The first-order valence-electron chi connectivity index (χ1n) is 16.6. The van der Waals surface area contributed by atoms with Gasteiger partial charge in [-0.2, -0.15) is 0 Å². The first-order chi connectivity index (χ1) is 24.3. The Morgan fingerprint density at radius 1 is 0.327 bits per heavy atom. The van der Waals surface area contributed by atoms with Gasteiger partial charge < -0.3 is 4.90 Å². The van der Waals surface area contributed by atoms with Crippen LogP contribution in [0.25, 0.3) is 73.4 Å². The second-order valence-electron chi connectivity index (χ2n) is 12.5. The summed E-state index contributed by atoms with van der Waals surface area (Å²) in [5.74, 6) is 0. The summed E-state index contributed by atoms with van der Waals surface area (Å²) < 4.78 is 5.28. The molecule has 0 amide bonds. The van der Waals surface area contributed by atoms with E-state index in [9.17, 15) is 0 Å². The molecule has 0 aliphatic carbocycles. The lowest BCUT2D eigenvalue weighted by atomic mass is 9.97. The van der Waals surface area contributed by atoms with Crippen LogP contribution in [0, 0.1) is 0 Å². The third-order valence-corrected chi connectivity index (χ3v) is 12.0. The van der Waals surface area contributed by atoms with Gasteiger partial charge in [0.25, 0.3) is 0 Å². The topological polar surface area (TPSA) is 3.24 Å². The molecule has 0 saturated carbocycles. The van der Waals surface area contributed by atoms with Crippen molar-refractivity contribution in [1.29, 1.82) is 0 Å². The third-order valence-electron chi connectivity index (χ3n) is 9.66. The van der Waals surface area contributed by atoms with Crippen molar-refractivity contribution in [3.63, 3.8) is 0 Å². The highest BCUT2D eigenvalue weighted by atomic mass is 32.1. The number of fused-ring (bicyclic) bond motifs is 7. The SMILES string of the molecule is c1cc(-c2cccc3ccccc23)cc(N(c2ccc(-c3cccc4sc5ccccc5c34)cc2)c2ccc3sc4ccccc4c3c2)c1. The Hall–Kier alpha value is -5.74. The van der Waals surface area contributed by atoms with Crippen LogP contribution < -0.4 is 4.90 Å². The van der Waals surface area contributed by atoms with Gasteiger partial charge in [-0.05, 0) is 93.7 Å². The number of thiophene rings is 2. The van der Waals surface area contributed by atoms with Crippen molar-refractivity contribution in [2.45, 2.75) is 0 Å². The van der Waals surface area contributed by atoms with Gasteiger partial charge in [0.1, 0.15) is 0 Å². The number of rotatable bonds is 5. The van der Waals surface area contributed by atoms with E-state index in [2.05, 4.69) is 181 Å². The molecule has 10 aromatic rings. The number of hydrogen-bond acceptors (Lipinski definition) is 3. The Morgan fingerprint density at radius 3 is 1.80 bits per heavy atom. The van der Waals surface area contributed by atoms with E-state index >= 15 is 0 Å². The van der Waals surface area contributed by atoms with E-state index in [1.165, 1.54) is 73.4 Å². The molecule has 0 bridgehead atoms. The van der Waals surface area contributed by atoms with Crippen molar-refractivity contribution in [3.8, 4) is 22.3 Å². The van der Waals surface area contributed by atoms with Crippen LogP contribution in [0.1, 0.15) is 0 Å². The van der Waals surface area contributed by atoms with Crippen molar-refractivity contribution in [1.82, 2.24) is 0 Å². The maximum Gasteiger partial charge on any atom is 0.0468 e. The summed E-state index contributed by atoms with van der Waals surface area (Å²) in [7, 11) is 0. The van der Waals surface area contributed by atoms with Crippen molar-refractivity contribution in [2.75, 3.05) is 4.90 Å². The number of hydrogen-bond donors (Lipinski definition) is 0. The van der Waals surface area contributed by atoms with Crippen molar-refractivity contribution >= 4 is 90.9 Å². The average Bonchev–Trinajstić information content (AvgIpc) is 3.73. The second-order valence-corrected chi connectivity index (χ2v) is 14.7. The van der Waals surface area contributed by atoms with Crippen LogP contribution in [0.15, 0.2) is 176 Å². The quantitative estimate of drug-likeness (QED) is 0.178. The van der Waals surface area contributed by atoms with Gasteiger partial charge in [-0.15, -0.1) is 22.7 Å². The third kappa shape index (κ3) is 4.74. The Morgan fingerprint density at radius 2 is 0.918 bits per heavy atom. The number of anilines is 3. The van der Waals surface area contributed by atoms with Crippen LogP contribution in [-0.2, 0) is 0 Å². The molecule has 230 valence electrons. The van der Waals surface area contributed by atoms with E-state index in [-0.39, 0.29) is 0 Å². The molecule has 0 N–H and O–H groups in total. The van der Waals surface area contributed by atoms with Gasteiger partial charge in [0, 0.05) is 57.4 Å². The zero-order chi connectivity index (χ0) is 32.3. The zero-order valence-electron chi connectivity index (χ0n) is 26.5. The van der Waals surface area contributed by atoms with Crippen LogP contribution in [0.4, 0.5) is 17.1 Å². The van der Waals surface area contributed by atoms with Crippen LogP contribution in [0.2, 0.25) is 0 Å². The standard InChI is InChI=1S/C46H29NS2/c1-2-14-36-30(10-1)11-8-17-37(36)32-12-7-13-34(28-32)47(35-26-27-44-41(29-35)39-15-3-5-19-42(39)48-44)33-24-22-31(23-25-33)38-18-9-21-45-46(38)40-16-4-6-20-43(40)49-45/h1-29H. The van der Waals surface area contributed by atoms with Gasteiger partial charge in [0.2, 0.25) is 0 Å². The first kappa shape index (κ1) is 28.3. The summed E-state index contributed by atoms with van der Waals surface area (Å²) in [5, 5.41) is 7.78. The lowest BCUT2D eigenvalue weighted by Gasteiger charge is -2.26. The summed E-state index contributed by atoms with van der Waals surface area (Å²) in [5.41, 5.74) is 8.34. The highest BCUT2D eigenvalue weighted by Crippen LogP contribution is 2.44. The van der Waals surface area contributed by atoms with Crippen LogP contribution in [0.5, 0.6) is 0 Å². The molecule has 0 aliphatic heterocycles. The second kappa shape index (κ2) is 11.5. The van der Waals surface area contributed by atoms with Crippen LogP contribution >= 0.6 is 22.7 Å². The molecule has 10 rings (SSSR count). The van der Waals surface area contributed by atoms with Gasteiger partial charge in [-0.1, -0.05) is 115 Å². The molecule has 0 saturated heterocycles. The van der Waals surface area contributed by atoms with E-state index in [0.29, 0.717) is 0 Å². The fourth-order valence-corrected chi connectivity index (χ4v) is 9.61. The summed E-state index contributed by atoms with van der Waals surface area (Å²) in [4.78, 5) is 2.41. The summed E-state index contributed by atoms with van der Waals surface area (Å²) in [6, 6.07) is 64.5. The average molecular weight is 660 g/mol. The fourth-order valence-electron chi connectivity index (χ4n) is 7.40. The largest absolute Gasteiger partial charge is 0.310 e. The Balaban J connectivity index is 1.14. The summed E-state index contributed by atoms with van der Waals surface area (Å²) >= 11 is 3.73. The monoisotopic (exact) mass is 659 g/mol. The highest BCUT2D eigenvalue weighted by Gasteiger charge is 2.17. The normalized spacial score (nSPS) is 11.7. The van der Waals surface area contributed by atoms with E-state index in [4.69, 9.17) is 0 Å². The van der Waals surface area contributed by atoms with Gasteiger partial charge in [-0.3, -0.25) is 0 Å². The molecule has 0 radical (unpaired) electrons. The number of nitrogens with zero attached hydrogens (tertiary/aromatic N) is 1. The molecule has 0 atom stereocenters. The van der Waals surface area contributed by atoms with Gasteiger partial charge in [0.15, 0.2) is 0 Å². The molecule has 49 heavy (non-hydrogen) atoms. The predicted octanol–water partition coefficient (Wildman–Crippen LogP) is 14.4. The van der Waals surface area contributed by atoms with E-state index in [1.54, 1.807) is 0 Å². The molecule has 0 aliphatic rings. The van der Waals surface area contributed by atoms with E-state index < -0.39 is 0 Å². The molecule has 8 aromatic carbocycles. The lowest BCUT2D eigenvalue weighted by molar-refractivity contribution is 1.29. The fraction of sp³-hybridized carbons (Fsp3) is 0. The molecular formula is C46H29NS2. The predicted molar refractivity (Wildman–Crippen MR) is 215 cm³/mol. The van der Waals surface area contributed by atoms with Crippen molar-refractivity contribution in [2.24, 2.45) is 0 Å². The lowest BCUT2D eigenvalue weighted by Crippen LogP contribution is -2.10. The van der Waals surface area contributed by atoms with E-state index in [0.717, 1.165) is 17.1 Å².